The summed E-state index contributed by atoms with van der Waals surface area (Å²) in [5.41, 5.74) is 9.25. The first-order chi connectivity index (χ1) is 11.9. The fourth-order valence-corrected chi connectivity index (χ4v) is 9.15. The molecule has 0 saturated carbocycles. The van der Waals surface area contributed by atoms with E-state index in [4.69, 9.17) is 0 Å². The Morgan fingerprint density at radius 3 is 1.75 bits per heavy atom. The van der Waals surface area contributed by atoms with E-state index in [0.717, 1.165) is 12.8 Å². The molecule has 0 amide bonds. The lowest BCUT2D eigenvalue weighted by Gasteiger charge is -2.05. The van der Waals surface area contributed by atoms with Crippen molar-refractivity contribution in [1.29, 1.82) is 0 Å². The second kappa shape index (κ2) is 4.20. The van der Waals surface area contributed by atoms with Crippen molar-refractivity contribution in [2.75, 3.05) is 0 Å². The average Bonchev–Trinajstić information content (AvgIpc) is 3.32. The van der Waals surface area contributed by atoms with Crippen molar-refractivity contribution >= 4 is 64.1 Å². The van der Waals surface area contributed by atoms with Gasteiger partial charge >= 0.3 is 0 Å². The number of hydrogen-bond acceptors (Lipinski definition) is 4. The van der Waals surface area contributed by atoms with Crippen molar-refractivity contribution in [3.05, 3.63) is 57.3 Å². The van der Waals surface area contributed by atoms with Gasteiger partial charge in [-0.3, -0.25) is 0 Å². The van der Waals surface area contributed by atoms with E-state index in [9.17, 15) is 0 Å². The van der Waals surface area contributed by atoms with E-state index in [0.29, 0.717) is 0 Å². The minimum absolute atomic E-state index is 1.13. The Hall–Kier alpha value is -1.46. The molecule has 24 heavy (non-hydrogen) atoms. The van der Waals surface area contributed by atoms with E-state index in [1.807, 2.05) is 45.3 Å². The Balaban J connectivity index is 1.52. The van der Waals surface area contributed by atoms with Gasteiger partial charge in [-0.15, -0.1) is 45.3 Å². The summed E-state index contributed by atoms with van der Waals surface area (Å²) in [5, 5.41) is 4.46. The van der Waals surface area contributed by atoms with Crippen molar-refractivity contribution in [2.45, 2.75) is 12.8 Å². The first-order valence-electron chi connectivity index (χ1n) is 8.01. The molecule has 4 aromatic heterocycles. The van der Waals surface area contributed by atoms with Crippen molar-refractivity contribution in [3.8, 4) is 20.9 Å². The second-order valence-electron chi connectivity index (χ2n) is 6.57. The molecule has 0 unspecified atom stereocenters. The van der Waals surface area contributed by atoms with Gasteiger partial charge in [0.1, 0.15) is 0 Å². The highest BCUT2D eigenvalue weighted by Crippen LogP contribution is 2.53. The van der Waals surface area contributed by atoms with Gasteiger partial charge in [0.05, 0.1) is 0 Å². The zero-order chi connectivity index (χ0) is 15.4. The van der Waals surface area contributed by atoms with Gasteiger partial charge in [0.2, 0.25) is 0 Å². The van der Waals surface area contributed by atoms with Crippen LogP contribution >= 0.6 is 45.3 Å². The van der Waals surface area contributed by atoms with Gasteiger partial charge in [-0.25, -0.2) is 0 Å². The monoisotopic (exact) mass is 378 g/mol. The Bertz CT molecular complexity index is 1210. The Kier molecular flexibility index (Phi) is 2.24. The van der Waals surface area contributed by atoms with E-state index in [1.165, 1.54) is 39.7 Å². The van der Waals surface area contributed by atoms with E-state index in [1.54, 1.807) is 22.3 Å². The maximum atomic E-state index is 2.50. The average molecular weight is 379 g/mol. The zero-order valence-corrected chi connectivity index (χ0v) is 15.8. The molecular formula is C20H10S4. The number of hydrogen-bond donors (Lipinski definition) is 0. The van der Waals surface area contributed by atoms with Crippen LogP contribution in [0.25, 0.3) is 39.7 Å². The van der Waals surface area contributed by atoms with Crippen molar-refractivity contribution < 1.29 is 0 Å². The lowest BCUT2D eigenvalue weighted by molar-refractivity contribution is 1.23. The number of benzene rings is 1. The summed E-state index contributed by atoms with van der Waals surface area (Å²) in [6, 6.07) is 9.56. The van der Waals surface area contributed by atoms with Crippen molar-refractivity contribution in [2.24, 2.45) is 0 Å². The Labute approximate surface area is 154 Å². The third-order valence-electron chi connectivity index (χ3n) is 5.33. The van der Waals surface area contributed by atoms with Crippen molar-refractivity contribution in [3.63, 3.8) is 0 Å². The van der Waals surface area contributed by atoms with Gasteiger partial charge in [0.15, 0.2) is 0 Å². The quantitative estimate of drug-likeness (QED) is 0.258. The summed E-state index contributed by atoms with van der Waals surface area (Å²) >= 11 is 7.78. The van der Waals surface area contributed by atoms with Crippen LogP contribution in [-0.4, -0.2) is 0 Å². The van der Waals surface area contributed by atoms with Crippen LogP contribution in [-0.2, 0) is 12.8 Å². The minimum Gasteiger partial charge on any atom is -0.143 e. The molecule has 1 aromatic carbocycles. The molecule has 4 heteroatoms. The molecule has 4 heterocycles. The van der Waals surface area contributed by atoms with Crippen LogP contribution < -0.4 is 0 Å². The molecule has 0 saturated heterocycles. The summed E-state index contributed by atoms with van der Waals surface area (Å²) < 4.78 is 5.97. The normalized spacial score (nSPS) is 14.3. The predicted octanol–water partition coefficient (Wildman–Crippen LogP) is 7.38. The summed E-state index contributed by atoms with van der Waals surface area (Å²) in [5.74, 6) is 0. The van der Waals surface area contributed by atoms with E-state index in [-0.39, 0.29) is 0 Å². The first kappa shape index (κ1) is 12.8. The lowest BCUT2D eigenvalue weighted by Crippen LogP contribution is -1.86. The van der Waals surface area contributed by atoms with Crippen LogP contribution in [0.15, 0.2) is 35.0 Å². The molecule has 114 valence electrons. The van der Waals surface area contributed by atoms with Crippen LogP contribution in [0.5, 0.6) is 0 Å². The van der Waals surface area contributed by atoms with E-state index >= 15 is 0 Å². The molecule has 0 aliphatic heterocycles. The standard InChI is InChI=1S/C20H10S4/c1-3-21-19-13-6-9-5-10-7-14-18(24-16-2-4-22-20(14)16)12(10)8-11(9)17(13)23-15(1)19/h1-5,8H,6-7H2. The third-order valence-corrected chi connectivity index (χ3v) is 10.00. The van der Waals surface area contributed by atoms with Gasteiger partial charge < -0.3 is 0 Å². The highest BCUT2D eigenvalue weighted by molar-refractivity contribution is 7.30. The summed E-state index contributed by atoms with van der Waals surface area (Å²) in [7, 11) is 0. The van der Waals surface area contributed by atoms with Gasteiger partial charge in [0.25, 0.3) is 0 Å². The smallest absolute Gasteiger partial charge is 0.0492 e. The van der Waals surface area contributed by atoms with Crippen LogP contribution in [0.3, 0.4) is 0 Å². The molecule has 0 spiro atoms. The number of thiophene rings is 4. The molecule has 0 atom stereocenters. The molecule has 0 nitrogen and oxygen atoms in total. The Morgan fingerprint density at radius 2 is 1.21 bits per heavy atom. The van der Waals surface area contributed by atoms with Crippen molar-refractivity contribution in [1.82, 2.24) is 0 Å². The highest BCUT2D eigenvalue weighted by atomic mass is 32.1. The molecule has 2 aliphatic carbocycles. The van der Waals surface area contributed by atoms with Crippen LogP contribution in [0.1, 0.15) is 22.3 Å². The number of fused-ring (bicyclic) bond motifs is 10. The molecule has 7 rings (SSSR count). The molecule has 5 aromatic rings. The van der Waals surface area contributed by atoms with Gasteiger partial charge in [-0.05, 0) is 62.3 Å². The van der Waals surface area contributed by atoms with Crippen LogP contribution in [0, 0.1) is 0 Å². The second-order valence-corrected chi connectivity index (χ2v) is 10.5. The maximum absolute atomic E-state index is 2.50. The molecule has 0 fully saturated rings. The fraction of sp³-hybridized carbons (Fsp3) is 0.100. The minimum atomic E-state index is 1.13. The first-order valence-corrected chi connectivity index (χ1v) is 11.4. The van der Waals surface area contributed by atoms with Gasteiger partial charge in [-0.1, -0.05) is 6.07 Å². The van der Waals surface area contributed by atoms with E-state index < -0.39 is 0 Å². The lowest BCUT2D eigenvalue weighted by atomic mass is 10.0. The summed E-state index contributed by atoms with van der Waals surface area (Å²) in [4.78, 5) is 3.06. The summed E-state index contributed by atoms with van der Waals surface area (Å²) in [6.07, 6.45) is 2.25. The topological polar surface area (TPSA) is 0 Å². The van der Waals surface area contributed by atoms with Crippen LogP contribution in [0.2, 0.25) is 0 Å². The predicted molar refractivity (Wildman–Crippen MR) is 109 cm³/mol. The zero-order valence-electron chi connectivity index (χ0n) is 12.5. The number of rotatable bonds is 0. The Morgan fingerprint density at radius 1 is 0.667 bits per heavy atom. The summed E-state index contributed by atoms with van der Waals surface area (Å²) in [6.45, 7) is 0. The molecule has 0 bridgehead atoms. The molecule has 0 N–H and O–H groups in total. The molecule has 0 radical (unpaired) electrons. The molecule has 2 aliphatic rings. The largest absolute Gasteiger partial charge is 0.143 e. The SMILES string of the molecule is c1cc2sc3c(c2s1)Cc1cc2c(cc1-3)-c1sc3ccsc3c1C2. The maximum Gasteiger partial charge on any atom is 0.0492 e. The molecular weight excluding hydrogens is 368 g/mol. The van der Waals surface area contributed by atoms with E-state index in [2.05, 4.69) is 35.0 Å². The fourth-order valence-electron chi connectivity index (χ4n) is 4.29. The third kappa shape index (κ3) is 1.41. The highest BCUT2D eigenvalue weighted by Gasteiger charge is 2.30. The van der Waals surface area contributed by atoms with Gasteiger partial charge in [-0.2, -0.15) is 0 Å². The van der Waals surface area contributed by atoms with Crippen LogP contribution in [0.4, 0.5) is 0 Å². The van der Waals surface area contributed by atoms with Gasteiger partial charge in [0, 0.05) is 41.4 Å².